The second-order valence-corrected chi connectivity index (χ2v) is 6.54. The molecule has 0 heterocycles. The van der Waals surface area contributed by atoms with E-state index < -0.39 is 31.3 Å². The van der Waals surface area contributed by atoms with Gasteiger partial charge in [0.25, 0.3) is 0 Å². The predicted octanol–water partition coefficient (Wildman–Crippen LogP) is 1.53. The van der Waals surface area contributed by atoms with Crippen molar-refractivity contribution in [2.24, 2.45) is 0 Å². The molecule has 1 saturated carbocycles. The third kappa shape index (κ3) is 3.20. The van der Waals surface area contributed by atoms with Crippen LogP contribution < -0.4 is 0 Å². The summed E-state index contributed by atoms with van der Waals surface area (Å²) in [6, 6.07) is 2.87. The number of nitro groups is 1. The second kappa shape index (κ2) is 6.04. The van der Waals surface area contributed by atoms with Crippen LogP contribution in [0.1, 0.15) is 12.8 Å². The fraction of sp³-hybridized carbons (Fsp3) is 0.500. The van der Waals surface area contributed by atoms with Crippen LogP contribution in [-0.4, -0.2) is 43.9 Å². The van der Waals surface area contributed by atoms with Gasteiger partial charge in [0.05, 0.1) is 11.5 Å². The minimum Gasteiger partial charge on any atom is -0.383 e. The molecule has 0 N–H and O–H groups in total. The quantitative estimate of drug-likeness (QED) is 0.562. The Balaban J connectivity index is 2.47. The Hall–Kier alpha value is -1.58. The van der Waals surface area contributed by atoms with Gasteiger partial charge in [0.15, 0.2) is 4.90 Å². The van der Waals surface area contributed by atoms with Crippen molar-refractivity contribution in [3.05, 3.63) is 34.1 Å². The van der Waals surface area contributed by atoms with Gasteiger partial charge in [0.2, 0.25) is 15.8 Å². The Morgan fingerprint density at radius 1 is 1.48 bits per heavy atom. The standard InChI is InChI=1S/C12H15FN2O5S/c1-20-8-7-14(9-5-6-9)21(18,19)11-4-2-3-10(13)12(11)15(16)17/h2-4,9H,5-8H2,1H3. The smallest absolute Gasteiger partial charge is 0.324 e. The number of ether oxygens (including phenoxy) is 1. The van der Waals surface area contributed by atoms with Gasteiger partial charge in [-0.3, -0.25) is 10.1 Å². The SMILES string of the molecule is COCCN(C1CC1)S(=O)(=O)c1cccc(F)c1[N+](=O)[O-]. The maximum absolute atomic E-state index is 13.6. The highest BCUT2D eigenvalue weighted by atomic mass is 32.2. The lowest BCUT2D eigenvalue weighted by Crippen LogP contribution is -2.36. The van der Waals surface area contributed by atoms with Gasteiger partial charge >= 0.3 is 5.69 Å². The molecule has 21 heavy (non-hydrogen) atoms. The van der Waals surface area contributed by atoms with Crippen LogP contribution in [0.4, 0.5) is 10.1 Å². The number of sulfonamides is 1. The maximum Gasteiger partial charge on any atom is 0.324 e. The fourth-order valence-corrected chi connectivity index (χ4v) is 3.89. The molecule has 1 fully saturated rings. The van der Waals surface area contributed by atoms with E-state index in [1.165, 1.54) is 7.11 Å². The zero-order valence-corrected chi connectivity index (χ0v) is 12.2. The average molecular weight is 318 g/mol. The number of hydrogen-bond donors (Lipinski definition) is 0. The normalized spacial score (nSPS) is 15.4. The van der Waals surface area contributed by atoms with Crippen LogP contribution in [0.2, 0.25) is 0 Å². The molecule has 7 nitrogen and oxygen atoms in total. The topological polar surface area (TPSA) is 89.8 Å². The molecular formula is C12H15FN2O5S. The highest BCUT2D eigenvalue weighted by Gasteiger charge is 2.41. The third-order valence-electron chi connectivity index (χ3n) is 3.19. The van der Waals surface area contributed by atoms with E-state index >= 15 is 0 Å². The van der Waals surface area contributed by atoms with Crippen LogP contribution >= 0.6 is 0 Å². The molecule has 2 rings (SSSR count). The lowest BCUT2D eigenvalue weighted by molar-refractivity contribution is -0.390. The summed E-state index contributed by atoms with van der Waals surface area (Å²) >= 11 is 0. The van der Waals surface area contributed by atoms with E-state index in [2.05, 4.69) is 0 Å². The van der Waals surface area contributed by atoms with E-state index in [4.69, 9.17) is 4.74 Å². The third-order valence-corrected chi connectivity index (χ3v) is 5.17. The summed E-state index contributed by atoms with van der Waals surface area (Å²) in [4.78, 5) is 9.34. The summed E-state index contributed by atoms with van der Waals surface area (Å²) in [5.74, 6) is -1.16. The van der Waals surface area contributed by atoms with Gasteiger partial charge in [-0.15, -0.1) is 0 Å². The van der Waals surface area contributed by atoms with Crippen LogP contribution in [0.15, 0.2) is 23.1 Å². The van der Waals surface area contributed by atoms with Crippen molar-refractivity contribution in [3.63, 3.8) is 0 Å². The van der Waals surface area contributed by atoms with Gasteiger partial charge < -0.3 is 4.74 Å². The summed E-state index contributed by atoms with van der Waals surface area (Å²) in [7, 11) is -2.70. The van der Waals surface area contributed by atoms with Crippen LogP contribution in [0.25, 0.3) is 0 Å². The van der Waals surface area contributed by atoms with Gasteiger partial charge in [0.1, 0.15) is 0 Å². The van der Waals surface area contributed by atoms with Crippen LogP contribution in [0, 0.1) is 15.9 Å². The maximum atomic E-state index is 13.6. The van der Waals surface area contributed by atoms with Crippen molar-refractivity contribution in [1.82, 2.24) is 4.31 Å². The molecule has 116 valence electrons. The number of nitro benzene ring substituents is 1. The number of methoxy groups -OCH3 is 1. The molecule has 1 aromatic carbocycles. The molecule has 0 unspecified atom stereocenters. The summed E-state index contributed by atoms with van der Waals surface area (Å²) in [6.07, 6.45) is 1.37. The molecule has 1 aromatic rings. The van der Waals surface area contributed by atoms with Crippen molar-refractivity contribution < 1.29 is 22.5 Å². The molecule has 9 heteroatoms. The lowest BCUT2D eigenvalue weighted by Gasteiger charge is -2.21. The molecule has 0 amide bonds. The summed E-state index contributed by atoms with van der Waals surface area (Å²) in [5.41, 5.74) is -1.01. The fourth-order valence-electron chi connectivity index (χ4n) is 2.05. The summed E-state index contributed by atoms with van der Waals surface area (Å²) < 4.78 is 44.8. The Morgan fingerprint density at radius 3 is 2.67 bits per heavy atom. The van der Waals surface area contributed by atoms with Crippen molar-refractivity contribution in [2.45, 2.75) is 23.8 Å². The average Bonchev–Trinajstić information content (AvgIpc) is 3.22. The number of rotatable bonds is 7. The van der Waals surface area contributed by atoms with E-state index in [1.807, 2.05) is 0 Å². The minimum absolute atomic E-state index is 0.0805. The van der Waals surface area contributed by atoms with E-state index in [1.54, 1.807) is 0 Å². The molecule has 0 aromatic heterocycles. The molecule has 0 saturated heterocycles. The summed E-state index contributed by atoms with van der Waals surface area (Å²) in [5, 5.41) is 11.0. The first kappa shape index (κ1) is 15.8. The zero-order chi connectivity index (χ0) is 15.6. The van der Waals surface area contributed by atoms with Crippen molar-refractivity contribution in [3.8, 4) is 0 Å². The molecule has 0 aliphatic heterocycles. The largest absolute Gasteiger partial charge is 0.383 e. The van der Waals surface area contributed by atoms with Crippen molar-refractivity contribution in [1.29, 1.82) is 0 Å². The molecule has 0 bridgehead atoms. The number of halogens is 1. The number of nitrogens with zero attached hydrogens (tertiary/aromatic N) is 2. The number of para-hydroxylation sites is 1. The first-order chi connectivity index (χ1) is 9.89. The number of benzene rings is 1. The van der Waals surface area contributed by atoms with Crippen LogP contribution in [0.5, 0.6) is 0 Å². The highest BCUT2D eigenvalue weighted by molar-refractivity contribution is 7.89. The Bertz CT molecular complexity index is 645. The lowest BCUT2D eigenvalue weighted by atomic mass is 10.3. The van der Waals surface area contributed by atoms with E-state index in [-0.39, 0.29) is 19.2 Å². The second-order valence-electron chi connectivity index (χ2n) is 4.68. The molecule has 1 aliphatic rings. The van der Waals surface area contributed by atoms with Crippen LogP contribution in [-0.2, 0) is 14.8 Å². The Morgan fingerprint density at radius 2 is 2.14 bits per heavy atom. The van der Waals surface area contributed by atoms with Gasteiger partial charge in [-0.1, -0.05) is 6.07 Å². The first-order valence-corrected chi connectivity index (χ1v) is 7.77. The molecule has 0 spiro atoms. The number of hydrogen-bond acceptors (Lipinski definition) is 5. The Kier molecular flexibility index (Phi) is 4.55. The van der Waals surface area contributed by atoms with E-state index in [0.29, 0.717) is 12.8 Å². The molecule has 1 aliphatic carbocycles. The monoisotopic (exact) mass is 318 g/mol. The molecule has 0 atom stereocenters. The van der Waals surface area contributed by atoms with E-state index in [0.717, 1.165) is 22.5 Å². The van der Waals surface area contributed by atoms with Gasteiger partial charge in [-0.2, -0.15) is 8.70 Å². The highest BCUT2D eigenvalue weighted by Crippen LogP contribution is 2.35. The van der Waals surface area contributed by atoms with Crippen LogP contribution in [0.3, 0.4) is 0 Å². The van der Waals surface area contributed by atoms with Gasteiger partial charge in [-0.25, -0.2) is 8.42 Å². The predicted molar refractivity (Wildman–Crippen MR) is 71.8 cm³/mol. The minimum atomic E-state index is -4.14. The van der Waals surface area contributed by atoms with E-state index in [9.17, 15) is 22.9 Å². The van der Waals surface area contributed by atoms with Crippen molar-refractivity contribution in [2.75, 3.05) is 20.3 Å². The molecule has 0 radical (unpaired) electrons. The first-order valence-electron chi connectivity index (χ1n) is 6.33. The van der Waals surface area contributed by atoms with Gasteiger partial charge in [0, 0.05) is 19.7 Å². The zero-order valence-electron chi connectivity index (χ0n) is 11.4. The molecular weight excluding hydrogens is 303 g/mol. The van der Waals surface area contributed by atoms with Crippen molar-refractivity contribution >= 4 is 15.7 Å². The van der Waals surface area contributed by atoms with Gasteiger partial charge in [-0.05, 0) is 25.0 Å². The summed E-state index contributed by atoms with van der Waals surface area (Å²) in [6.45, 7) is 0.246. The Labute approximate surface area is 121 Å².